The Bertz CT molecular complexity index is 394. The summed E-state index contributed by atoms with van der Waals surface area (Å²) in [5.41, 5.74) is 0.111. The van der Waals surface area contributed by atoms with Gasteiger partial charge in [0, 0.05) is 28.4 Å². The molecule has 4 nitrogen and oxygen atoms in total. The molecule has 0 aliphatic carbocycles. The monoisotopic (exact) mass is 240 g/mol. The third-order valence-corrected chi connectivity index (χ3v) is 3.96. The first-order chi connectivity index (χ1) is 7.18. The highest BCUT2D eigenvalue weighted by molar-refractivity contribution is 7.10. The molecule has 0 radical (unpaired) electrons. The Balaban J connectivity index is 1.99. The zero-order chi connectivity index (χ0) is 10.7. The van der Waals surface area contributed by atoms with Crippen molar-refractivity contribution >= 4 is 28.0 Å². The molecule has 2 aromatic rings. The molecule has 0 spiro atoms. The molecule has 0 saturated heterocycles. The summed E-state index contributed by atoms with van der Waals surface area (Å²) in [4.78, 5) is 1.37. The summed E-state index contributed by atoms with van der Waals surface area (Å²) in [6.45, 7) is 5.25. The van der Waals surface area contributed by atoms with Gasteiger partial charge in [-0.2, -0.15) is 0 Å². The van der Waals surface area contributed by atoms with Crippen molar-refractivity contribution in [1.29, 1.82) is 0 Å². The Morgan fingerprint density at radius 1 is 1.47 bits per heavy atom. The molecule has 0 aliphatic rings. The van der Waals surface area contributed by atoms with Gasteiger partial charge in [-0.3, -0.25) is 0 Å². The third-order valence-electron chi connectivity index (χ3n) is 2.17. The number of nitrogens with one attached hydrogen (secondary N) is 1. The van der Waals surface area contributed by atoms with Gasteiger partial charge in [-0.05, 0) is 16.7 Å². The molecule has 2 heterocycles. The van der Waals surface area contributed by atoms with Crippen LogP contribution in [0, 0.1) is 0 Å². The summed E-state index contributed by atoms with van der Waals surface area (Å²) in [6, 6.07) is 4.24. The predicted octanol–water partition coefficient (Wildman–Crippen LogP) is 2.38. The van der Waals surface area contributed by atoms with Crippen molar-refractivity contribution < 1.29 is 0 Å². The van der Waals surface area contributed by atoms with Crippen molar-refractivity contribution in [1.82, 2.24) is 14.8 Å². The van der Waals surface area contributed by atoms with E-state index >= 15 is 0 Å². The van der Waals surface area contributed by atoms with Crippen molar-refractivity contribution in [3.63, 3.8) is 0 Å². The lowest BCUT2D eigenvalue weighted by Crippen LogP contribution is -2.26. The Labute approximate surface area is 96.5 Å². The maximum Gasteiger partial charge on any atom is 0.225 e. The maximum absolute atomic E-state index is 3.85. The van der Waals surface area contributed by atoms with E-state index in [1.54, 1.807) is 11.3 Å². The van der Waals surface area contributed by atoms with Gasteiger partial charge in [0.15, 0.2) is 0 Å². The first-order valence-electron chi connectivity index (χ1n) is 4.61. The second-order valence-electron chi connectivity index (χ2n) is 3.88. The molecule has 0 saturated carbocycles. The summed E-state index contributed by atoms with van der Waals surface area (Å²) in [5.74, 6) is 0. The SMILES string of the molecule is CC(C)(CNc1nnns1)c1cccs1. The van der Waals surface area contributed by atoms with Crippen LogP contribution in [0.15, 0.2) is 17.5 Å². The third kappa shape index (κ3) is 2.51. The van der Waals surface area contributed by atoms with E-state index in [4.69, 9.17) is 0 Å². The van der Waals surface area contributed by atoms with Gasteiger partial charge >= 0.3 is 0 Å². The molecule has 0 aliphatic heterocycles. The molecular weight excluding hydrogens is 228 g/mol. The lowest BCUT2D eigenvalue weighted by molar-refractivity contribution is 0.568. The predicted molar refractivity (Wildman–Crippen MR) is 63.5 cm³/mol. The normalized spacial score (nSPS) is 11.6. The zero-order valence-corrected chi connectivity index (χ0v) is 10.2. The number of aromatic nitrogens is 3. The van der Waals surface area contributed by atoms with E-state index in [1.807, 2.05) is 0 Å². The molecule has 0 bridgehead atoms. The van der Waals surface area contributed by atoms with Crippen LogP contribution in [0.1, 0.15) is 18.7 Å². The number of hydrogen-bond donors (Lipinski definition) is 1. The zero-order valence-electron chi connectivity index (χ0n) is 8.60. The van der Waals surface area contributed by atoms with E-state index in [0.29, 0.717) is 0 Å². The second-order valence-corrected chi connectivity index (χ2v) is 5.56. The van der Waals surface area contributed by atoms with Crippen molar-refractivity contribution in [2.24, 2.45) is 0 Å². The van der Waals surface area contributed by atoms with Crippen LogP contribution < -0.4 is 5.32 Å². The first-order valence-corrected chi connectivity index (χ1v) is 6.27. The van der Waals surface area contributed by atoms with E-state index in [0.717, 1.165) is 11.7 Å². The highest BCUT2D eigenvalue weighted by Gasteiger charge is 2.21. The minimum atomic E-state index is 0.111. The lowest BCUT2D eigenvalue weighted by Gasteiger charge is -2.23. The topological polar surface area (TPSA) is 50.7 Å². The van der Waals surface area contributed by atoms with E-state index in [-0.39, 0.29) is 5.41 Å². The molecule has 0 unspecified atom stereocenters. The Morgan fingerprint density at radius 3 is 2.93 bits per heavy atom. The fourth-order valence-corrected chi connectivity index (χ4v) is 2.46. The van der Waals surface area contributed by atoms with Crippen LogP contribution in [0.4, 0.5) is 5.13 Å². The smallest absolute Gasteiger partial charge is 0.225 e. The Morgan fingerprint density at radius 2 is 2.33 bits per heavy atom. The van der Waals surface area contributed by atoms with E-state index < -0.39 is 0 Å². The molecule has 15 heavy (non-hydrogen) atoms. The van der Waals surface area contributed by atoms with Crippen LogP contribution >= 0.6 is 22.9 Å². The van der Waals surface area contributed by atoms with Gasteiger partial charge in [-0.1, -0.05) is 29.5 Å². The fourth-order valence-electron chi connectivity index (χ4n) is 1.25. The van der Waals surface area contributed by atoms with Crippen LogP contribution in [0.5, 0.6) is 0 Å². The highest BCUT2D eigenvalue weighted by atomic mass is 32.1. The van der Waals surface area contributed by atoms with Crippen molar-refractivity contribution in [3.8, 4) is 0 Å². The number of thiophene rings is 1. The van der Waals surface area contributed by atoms with Gasteiger partial charge in [0.2, 0.25) is 5.13 Å². The quantitative estimate of drug-likeness (QED) is 0.891. The van der Waals surface area contributed by atoms with Crippen LogP contribution in [0.25, 0.3) is 0 Å². The number of nitrogens with zero attached hydrogens (tertiary/aromatic N) is 3. The molecule has 0 aromatic carbocycles. The molecular formula is C9H12N4S2. The summed E-state index contributed by atoms with van der Waals surface area (Å²) in [7, 11) is 0. The summed E-state index contributed by atoms with van der Waals surface area (Å²) < 4.78 is 3.71. The molecule has 0 atom stereocenters. The van der Waals surface area contributed by atoms with Gasteiger partial charge in [-0.25, -0.2) is 0 Å². The number of hydrogen-bond acceptors (Lipinski definition) is 6. The largest absolute Gasteiger partial charge is 0.358 e. The van der Waals surface area contributed by atoms with Gasteiger partial charge in [0.25, 0.3) is 0 Å². The van der Waals surface area contributed by atoms with Crippen molar-refractivity contribution in [2.75, 3.05) is 11.9 Å². The van der Waals surface area contributed by atoms with Gasteiger partial charge < -0.3 is 5.32 Å². The first kappa shape index (κ1) is 10.5. The summed E-state index contributed by atoms with van der Waals surface area (Å²) in [5, 5.41) is 13.5. The molecule has 2 rings (SSSR count). The standard InChI is InChI=1S/C9H12N4S2/c1-9(2,7-4-3-5-14-7)6-10-8-11-12-13-15-8/h3-5H,6H2,1-2H3,(H,10,11,13). The molecule has 2 aromatic heterocycles. The van der Waals surface area contributed by atoms with Crippen molar-refractivity contribution in [2.45, 2.75) is 19.3 Å². The van der Waals surface area contributed by atoms with Crippen LogP contribution in [-0.4, -0.2) is 21.3 Å². The minimum absolute atomic E-state index is 0.111. The highest BCUT2D eigenvalue weighted by Crippen LogP contribution is 2.27. The van der Waals surface area contributed by atoms with Crippen LogP contribution in [0.3, 0.4) is 0 Å². The Kier molecular flexibility index (Phi) is 2.97. The average Bonchev–Trinajstić information content (AvgIpc) is 2.88. The maximum atomic E-state index is 3.85. The summed E-state index contributed by atoms with van der Waals surface area (Å²) >= 11 is 3.06. The van der Waals surface area contributed by atoms with E-state index in [9.17, 15) is 0 Å². The minimum Gasteiger partial charge on any atom is -0.358 e. The van der Waals surface area contributed by atoms with Crippen LogP contribution in [-0.2, 0) is 5.41 Å². The van der Waals surface area contributed by atoms with Gasteiger partial charge in [-0.15, -0.1) is 11.3 Å². The van der Waals surface area contributed by atoms with E-state index in [2.05, 4.69) is 51.5 Å². The van der Waals surface area contributed by atoms with Crippen LogP contribution in [0.2, 0.25) is 0 Å². The van der Waals surface area contributed by atoms with E-state index in [1.165, 1.54) is 16.4 Å². The second kappa shape index (κ2) is 4.24. The van der Waals surface area contributed by atoms with Crippen molar-refractivity contribution in [3.05, 3.63) is 22.4 Å². The molecule has 6 heteroatoms. The van der Waals surface area contributed by atoms with Gasteiger partial charge in [0.1, 0.15) is 0 Å². The number of anilines is 1. The fraction of sp³-hybridized carbons (Fsp3) is 0.444. The molecule has 80 valence electrons. The molecule has 1 N–H and O–H groups in total. The average molecular weight is 240 g/mol. The molecule has 0 fully saturated rings. The summed E-state index contributed by atoms with van der Waals surface area (Å²) in [6.07, 6.45) is 0. The van der Waals surface area contributed by atoms with Gasteiger partial charge in [0.05, 0.1) is 0 Å². The lowest BCUT2D eigenvalue weighted by atomic mass is 9.92. The Hall–Kier alpha value is -1.01. The molecule has 0 amide bonds. The number of rotatable bonds is 4.